The first-order valence-corrected chi connectivity index (χ1v) is 8.43. The molecule has 0 aromatic carbocycles. The van der Waals surface area contributed by atoms with E-state index in [1.54, 1.807) is 0 Å². The van der Waals surface area contributed by atoms with Crippen LogP contribution < -0.4 is 5.32 Å². The van der Waals surface area contributed by atoms with Gasteiger partial charge in [-0.25, -0.2) is 0 Å². The summed E-state index contributed by atoms with van der Waals surface area (Å²) in [6.45, 7) is 12.8. The number of carbonyl (C=O) groups excluding carboxylic acids is 1. The van der Waals surface area contributed by atoms with Crippen molar-refractivity contribution in [1.82, 2.24) is 20.0 Å². The maximum absolute atomic E-state index is 12.3. The molecule has 3 atom stereocenters. The zero-order valence-corrected chi connectivity index (χ0v) is 15.2. The smallest absolute Gasteiger partial charge is 0.224 e. The van der Waals surface area contributed by atoms with E-state index < -0.39 is 0 Å². The molecule has 1 aliphatic heterocycles. The third kappa shape index (κ3) is 4.54. The topological polar surface area (TPSA) is 59.4 Å². The molecule has 1 amide bonds. The molecule has 0 aliphatic carbocycles. The van der Waals surface area contributed by atoms with Gasteiger partial charge in [0, 0.05) is 44.0 Å². The molecule has 1 aromatic heterocycles. The quantitative estimate of drug-likeness (QED) is 0.885. The first kappa shape index (κ1) is 17.9. The minimum Gasteiger partial charge on any atom is -0.373 e. The molecule has 1 fully saturated rings. The van der Waals surface area contributed by atoms with E-state index >= 15 is 0 Å². The van der Waals surface area contributed by atoms with Crippen LogP contribution in [0.2, 0.25) is 0 Å². The molecule has 6 heteroatoms. The van der Waals surface area contributed by atoms with Crippen molar-refractivity contribution in [3.63, 3.8) is 0 Å². The van der Waals surface area contributed by atoms with Gasteiger partial charge in [-0.05, 0) is 34.6 Å². The number of morpholine rings is 1. The van der Waals surface area contributed by atoms with E-state index in [1.807, 2.05) is 25.6 Å². The molecular formula is C17H30N4O2. The third-order valence-corrected chi connectivity index (χ3v) is 4.66. The second-order valence-corrected chi connectivity index (χ2v) is 6.81. The summed E-state index contributed by atoms with van der Waals surface area (Å²) in [5.74, 6) is 0.0606. The minimum absolute atomic E-state index is 0.0606. The summed E-state index contributed by atoms with van der Waals surface area (Å²) in [4.78, 5) is 14.6. The lowest BCUT2D eigenvalue weighted by atomic mass is 10.1. The Morgan fingerprint density at radius 2 is 1.96 bits per heavy atom. The highest BCUT2D eigenvalue weighted by Crippen LogP contribution is 2.14. The lowest BCUT2D eigenvalue weighted by molar-refractivity contribution is -0.121. The van der Waals surface area contributed by atoms with Crippen molar-refractivity contribution < 1.29 is 9.53 Å². The Balaban J connectivity index is 1.84. The van der Waals surface area contributed by atoms with Crippen molar-refractivity contribution in [3.8, 4) is 0 Å². The molecule has 1 saturated heterocycles. The number of carbonyl (C=O) groups is 1. The van der Waals surface area contributed by atoms with Crippen LogP contribution in [0.5, 0.6) is 0 Å². The summed E-state index contributed by atoms with van der Waals surface area (Å²) in [7, 11) is 1.91. The van der Waals surface area contributed by atoms with Crippen molar-refractivity contribution in [2.45, 2.75) is 59.3 Å². The molecular weight excluding hydrogens is 292 g/mol. The molecule has 1 aromatic rings. The fourth-order valence-electron chi connectivity index (χ4n) is 3.26. The number of hydrogen-bond acceptors (Lipinski definition) is 4. The Hall–Kier alpha value is -1.40. The number of aryl methyl sites for hydroxylation is 2. The highest BCUT2D eigenvalue weighted by molar-refractivity contribution is 5.79. The Kier molecular flexibility index (Phi) is 5.81. The first-order chi connectivity index (χ1) is 10.8. The fourth-order valence-corrected chi connectivity index (χ4v) is 3.26. The second-order valence-electron chi connectivity index (χ2n) is 6.81. The number of nitrogens with zero attached hydrogens (tertiary/aromatic N) is 3. The second kappa shape index (κ2) is 7.45. The van der Waals surface area contributed by atoms with Gasteiger partial charge >= 0.3 is 0 Å². The molecule has 0 unspecified atom stereocenters. The van der Waals surface area contributed by atoms with Gasteiger partial charge < -0.3 is 10.1 Å². The Morgan fingerprint density at radius 3 is 2.48 bits per heavy atom. The van der Waals surface area contributed by atoms with Crippen LogP contribution in [0.4, 0.5) is 0 Å². The molecule has 1 aliphatic rings. The van der Waals surface area contributed by atoms with E-state index in [1.165, 1.54) is 0 Å². The van der Waals surface area contributed by atoms with Crippen molar-refractivity contribution in [2.75, 3.05) is 19.6 Å². The van der Waals surface area contributed by atoms with Crippen LogP contribution in [-0.4, -0.2) is 58.5 Å². The molecule has 0 bridgehead atoms. The zero-order chi connectivity index (χ0) is 17.1. The number of hydrogen-bond donors (Lipinski definition) is 1. The van der Waals surface area contributed by atoms with Gasteiger partial charge in [-0.15, -0.1) is 0 Å². The van der Waals surface area contributed by atoms with Crippen LogP contribution in [0.1, 0.15) is 37.7 Å². The average Bonchev–Trinajstić information content (AvgIpc) is 2.70. The van der Waals surface area contributed by atoms with Crippen molar-refractivity contribution in [2.24, 2.45) is 7.05 Å². The van der Waals surface area contributed by atoms with E-state index in [0.29, 0.717) is 19.0 Å². The van der Waals surface area contributed by atoms with Crippen LogP contribution in [0, 0.1) is 13.8 Å². The van der Waals surface area contributed by atoms with Crippen LogP contribution in [0.25, 0.3) is 0 Å². The SMILES string of the molecule is Cc1nn(C)c(C)c1CC(=O)NC[C@H](C)N1C[C@@H](C)O[C@H](C)C1. The van der Waals surface area contributed by atoms with Gasteiger partial charge in [0.05, 0.1) is 24.3 Å². The number of rotatable bonds is 5. The standard InChI is InChI=1S/C17H30N4O2/c1-11(21-9-12(2)23-13(3)10-21)8-18-17(22)7-16-14(4)19-20(6)15(16)5/h11-13H,7-10H2,1-6H3,(H,18,22)/t11-,12+,13+/m0/s1. The van der Waals surface area contributed by atoms with E-state index in [2.05, 4.69) is 36.1 Å². The van der Waals surface area contributed by atoms with E-state index in [4.69, 9.17) is 4.74 Å². The molecule has 0 radical (unpaired) electrons. The van der Waals surface area contributed by atoms with Gasteiger partial charge in [-0.2, -0.15) is 5.10 Å². The average molecular weight is 322 g/mol. The lowest BCUT2D eigenvalue weighted by Gasteiger charge is -2.39. The Morgan fingerprint density at radius 1 is 1.35 bits per heavy atom. The van der Waals surface area contributed by atoms with Gasteiger partial charge in [-0.3, -0.25) is 14.4 Å². The van der Waals surface area contributed by atoms with Crippen LogP contribution in [0.3, 0.4) is 0 Å². The number of amides is 1. The highest BCUT2D eigenvalue weighted by Gasteiger charge is 2.25. The fraction of sp³-hybridized carbons (Fsp3) is 0.765. The van der Waals surface area contributed by atoms with Crippen molar-refractivity contribution >= 4 is 5.91 Å². The molecule has 2 heterocycles. The summed E-state index contributed by atoms with van der Waals surface area (Å²) in [6, 6.07) is 0.309. The van der Waals surface area contributed by atoms with Gasteiger partial charge in [0.25, 0.3) is 0 Å². The summed E-state index contributed by atoms with van der Waals surface area (Å²) < 4.78 is 7.59. The third-order valence-electron chi connectivity index (χ3n) is 4.66. The molecule has 0 spiro atoms. The predicted octanol–water partition coefficient (Wildman–Crippen LogP) is 1.19. The van der Waals surface area contributed by atoms with Crippen molar-refractivity contribution in [1.29, 1.82) is 0 Å². The number of ether oxygens (including phenoxy) is 1. The lowest BCUT2D eigenvalue weighted by Crippen LogP contribution is -2.52. The molecule has 130 valence electrons. The highest BCUT2D eigenvalue weighted by atomic mass is 16.5. The first-order valence-electron chi connectivity index (χ1n) is 8.43. The van der Waals surface area contributed by atoms with Crippen LogP contribution in [0.15, 0.2) is 0 Å². The largest absolute Gasteiger partial charge is 0.373 e. The molecule has 1 N–H and O–H groups in total. The number of nitrogens with one attached hydrogen (secondary N) is 1. The van der Waals surface area contributed by atoms with E-state index in [-0.39, 0.29) is 18.1 Å². The van der Waals surface area contributed by atoms with Gasteiger partial charge in [0.15, 0.2) is 0 Å². The molecule has 2 rings (SSSR count). The summed E-state index contributed by atoms with van der Waals surface area (Å²) in [6.07, 6.45) is 0.893. The molecule has 6 nitrogen and oxygen atoms in total. The number of aromatic nitrogens is 2. The predicted molar refractivity (Wildman–Crippen MR) is 90.4 cm³/mol. The molecule has 0 saturated carbocycles. The van der Waals surface area contributed by atoms with Crippen molar-refractivity contribution in [3.05, 3.63) is 17.0 Å². The summed E-state index contributed by atoms with van der Waals surface area (Å²) in [5, 5.41) is 7.43. The van der Waals surface area contributed by atoms with Gasteiger partial charge in [0.1, 0.15) is 0 Å². The van der Waals surface area contributed by atoms with Crippen LogP contribution >= 0.6 is 0 Å². The van der Waals surface area contributed by atoms with E-state index in [9.17, 15) is 4.79 Å². The maximum Gasteiger partial charge on any atom is 0.224 e. The Bertz CT molecular complexity index is 545. The summed E-state index contributed by atoms with van der Waals surface area (Å²) >= 11 is 0. The van der Waals surface area contributed by atoms with Crippen LogP contribution in [-0.2, 0) is 23.0 Å². The van der Waals surface area contributed by atoms with Gasteiger partial charge in [0.2, 0.25) is 5.91 Å². The summed E-state index contributed by atoms with van der Waals surface area (Å²) in [5.41, 5.74) is 3.02. The maximum atomic E-state index is 12.3. The van der Waals surface area contributed by atoms with Gasteiger partial charge in [-0.1, -0.05) is 0 Å². The zero-order valence-electron chi connectivity index (χ0n) is 15.2. The Labute approximate surface area is 139 Å². The normalized spacial score (nSPS) is 23.7. The minimum atomic E-state index is 0.0606. The molecule has 23 heavy (non-hydrogen) atoms. The monoisotopic (exact) mass is 322 g/mol. The van der Waals surface area contributed by atoms with E-state index in [0.717, 1.165) is 30.0 Å².